The van der Waals surface area contributed by atoms with E-state index in [1.54, 1.807) is 12.1 Å². The molecule has 0 aromatic carbocycles. The summed E-state index contributed by atoms with van der Waals surface area (Å²) in [5.74, 6) is 1.08. The second-order valence-corrected chi connectivity index (χ2v) is 7.75. The predicted octanol–water partition coefficient (Wildman–Crippen LogP) is 1.80. The van der Waals surface area contributed by atoms with Crippen LogP contribution in [0.4, 0.5) is 5.82 Å². The second kappa shape index (κ2) is 8.25. The van der Waals surface area contributed by atoms with E-state index in [9.17, 15) is 14.7 Å². The van der Waals surface area contributed by atoms with Crippen molar-refractivity contribution in [2.45, 2.75) is 27.2 Å². The van der Waals surface area contributed by atoms with Crippen LogP contribution in [0.2, 0.25) is 0 Å². The maximum absolute atomic E-state index is 12.9. The maximum atomic E-state index is 12.9. The normalized spacial score (nSPS) is 14.2. The lowest BCUT2D eigenvalue weighted by atomic mass is 10.2. The Kier molecular flexibility index (Phi) is 5.50. The molecule has 0 aliphatic carbocycles. The number of anilines is 1. The molecule has 0 spiro atoms. The topological polar surface area (TPSA) is 107 Å². The van der Waals surface area contributed by atoms with Crippen LogP contribution in [0.5, 0.6) is 5.88 Å². The molecule has 162 valence electrons. The molecular weight excluding hydrogens is 396 g/mol. The van der Waals surface area contributed by atoms with E-state index < -0.39 is 5.69 Å². The highest BCUT2D eigenvalue weighted by Gasteiger charge is 2.24. The first kappa shape index (κ1) is 20.6. The highest BCUT2D eigenvalue weighted by molar-refractivity contribution is 5.94. The van der Waals surface area contributed by atoms with E-state index in [-0.39, 0.29) is 11.8 Å². The van der Waals surface area contributed by atoms with Crippen LogP contribution in [0.15, 0.2) is 35.4 Å². The summed E-state index contributed by atoms with van der Waals surface area (Å²) in [6.45, 7) is 8.54. The van der Waals surface area contributed by atoms with Crippen molar-refractivity contribution in [3.63, 3.8) is 0 Å². The number of aryl methyl sites for hydroxylation is 2. The number of carbonyl (C=O) groups is 1. The number of pyridine rings is 2. The highest BCUT2D eigenvalue weighted by atomic mass is 16.3. The Morgan fingerprint density at radius 3 is 2.48 bits per heavy atom. The van der Waals surface area contributed by atoms with Crippen molar-refractivity contribution in [3.8, 4) is 11.7 Å². The van der Waals surface area contributed by atoms with Crippen molar-refractivity contribution in [1.29, 1.82) is 0 Å². The van der Waals surface area contributed by atoms with Gasteiger partial charge >= 0.3 is 5.69 Å². The van der Waals surface area contributed by atoms with E-state index in [0.717, 1.165) is 16.9 Å². The molecule has 0 bridgehead atoms. The number of aromatic hydroxyl groups is 1. The zero-order valence-electron chi connectivity index (χ0n) is 17.9. The number of imidazole rings is 1. The second-order valence-electron chi connectivity index (χ2n) is 7.75. The van der Waals surface area contributed by atoms with Gasteiger partial charge in [0.05, 0.1) is 11.3 Å². The summed E-state index contributed by atoms with van der Waals surface area (Å²) in [4.78, 5) is 40.3. The first-order chi connectivity index (χ1) is 14.9. The van der Waals surface area contributed by atoms with E-state index in [0.29, 0.717) is 49.7 Å². The highest BCUT2D eigenvalue weighted by Crippen LogP contribution is 2.20. The van der Waals surface area contributed by atoms with Gasteiger partial charge in [-0.1, -0.05) is 13.0 Å². The molecule has 0 radical (unpaired) electrons. The van der Waals surface area contributed by atoms with Crippen molar-refractivity contribution < 1.29 is 9.90 Å². The number of H-pyrrole nitrogens is 1. The number of aromatic amines is 1. The van der Waals surface area contributed by atoms with Crippen LogP contribution in [-0.4, -0.2) is 61.6 Å². The number of hydrogen-bond donors (Lipinski definition) is 2. The Morgan fingerprint density at radius 1 is 1.13 bits per heavy atom. The molecule has 4 heterocycles. The van der Waals surface area contributed by atoms with Gasteiger partial charge in [0, 0.05) is 38.6 Å². The minimum atomic E-state index is -0.461. The van der Waals surface area contributed by atoms with Crippen LogP contribution < -0.4 is 10.6 Å². The molecule has 1 saturated heterocycles. The van der Waals surface area contributed by atoms with Gasteiger partial charge in [-0.25, -0.2) is 19.3 Å². The molecule has 2 N–H and O–H groups in total. The molecule has 0 saturated carbocycles. The summed E-state index contributed by atoms with van der Waals surface area (Å²) in [5.41, 5.74) is 2.73. The van der Waals surface area contributed by atoms with Crippen LogP contribution in [-0.2, 0) is 6.42 Å². The van der Waals surface area contributed by atoms with E-state index in [4.69, 9.17) is 0 Å². The molecule has 1 amide bonds. The van der Waals surface area contributed by atoms with Crippen molar-refractivity contribution in [2.75, 3.05) is 31.1 Å². The summed E-state index contributed by atoms with van der Waals surface area (Å²) >= 11 is 0. The number of piperazine rings is 1. The Labute approximate surface area is 180 Å². The zero-order valence-corrected chi connectivity index (χ0v) is 17.9. The van der Waals surface area contributed by atoms with Gasteiger partial charge in [-0.3, -0.25) is 9.78 Å². The summed E-state index contributed by atoms with van der Waals surface area (Å²) in [5, 5.41) is 9.85. The zero-order chi connectivity index (χ0) is 22.1. The van der Waals surface area contributed by atoms with Gasteiger partial charge in [0.15, 0.2) is 0 Å². The molecule has 3 aromatic rings. The van der Waals surface area contributed by atoms with Crippen molar-refractivity contribution in [2.24, 2.45) is 0 Å². The maximum Gasteiger partial charge on any atom is 0.334 e. The van der Waals surface area contributed by atoms with Crippen molar-refractivity contribution in [3.05, 3.63) is 63.5 Å². The van der Waals surface area contributed by atoms with Crippen molar-refractivity contribution >= 4 is 11.7 Å². The summed E-state index contributed by atoms with van der Waals surface area (Å²) in [6, 6.07) is 5.40. The van der Waals surface area contributed by atoms with Crippen LogP contribution in [0.1, 0.15) is 34.1 Å². The SMILES string of the molecule is CCc1c(O)[nH]c(=O)n1-c1ccc(C(=O)N2CCN(c3ncc(C)cc3C)CC2)cn1. The number of nitrogens with zero attached hydrogens (tertiary/aromatic N) is 5. The third kappa shape index (κ3) is 3.90. The number of aromatic nitrogens is 4. The van der Waals surface area contributed by atoms with Gasteiger partial charge in [0.1, 0.15) is 11.6 Å². The number of hydrogen-bond acceptors (Lipinski definition) is 6. The van der Waals surface area contributed by atoms with E-state index in [1.165, 1.54) is 10.8 Å². The van der Waals surface area contributed by atoms with E-state index >= 15 is 0 Å². The standard InChI is InChI=1S/C22H26N6O3/c1-4-17-20(29)25-22(31)28(17)18-6-5-16(13-23-18)21(30)27-9-7-26(8-10-27)19-15(3)11-14(2)12-24-19/h5-6,11-13,29H,4,7-10H2,1-3H3,(H,25,31). The fourth-order valence-electron chi connectivity index (χ4n) is 4.01. The smallest absolute Gasteiger partial charge is 0.334 e. The number of carbonyl (C=O) groups excluding carboxylic acids is 1. The molecule has 1 fully saturated rings. The molecule has 9 heteroatoms. The lowest BCUT2D eigenvalue weighted by Crippen LogP contribution is -2.49. The monoisotopic (exact) mass is 422 g/mol. The minimum Gasteiger partial charge on any atom is -0.493 e. The molecule has 4 rings (SSSR count). The van der Waals surface area contributed by atoms with Gasteiger partial charge in [0.2, 0.25) is 5.88 Å². The minimum absolute atomic E-state index is 0.0905. The Hall–Kier alpha value is -3.62. The first-order valence-electron chi connectivity index (χ1n) is 10.4. The van der Waals surface area contributed by atoms with E-state index in [2.05, 4.69) is 32.8 Å². The largest absolute Gasteiger partial charge is 0.493 e. The average molecular weight is 422 g/mol. The lowest BCUT2D eigenvalue weighted by molar-refractivity contribution is 0.0746. The summed E-state index contributed by atoms with van der Waals surface area (Å²) in [7, 11) is 0. The Balaban J connectivity index is 1.46. The van der Waals surface area contributed by atoms with Crippen LogP contribution >= 0.6 is 0 Å². The van der Waals surface area contributed by atoms with Gasteiger partial charge < -0.3 is 14.9 Å². The molecule has 1 aliphatic rings. The molecule has 3 aromatic heterocycles. The van der Waals surface area contributed by atoms with Gasteiger partial charge in [-0.15, -0.1) is 0 Å². The van der Waals surface area contributed by atoms with Crippen LogP contribution in [0.3, 0.4) is 0 Å². The Bertz CT molecular complexity index is 1160. The summed E-state index contributed by atoms with van der Waals surface area (Å²) < 4.78 is 1.32. The van der Waals surface area contributed by atoms with Gasteiger partial charge in [0.25, 0.3) is 5.91 Å². The lowest BCUT2D eigenvalue weighted by Gasteiger charge is -2.36. The van der Waals surface area contributed by atoms with Crippen LogP contribution in [0.25, 0.3) is 5.82 Å². The van der Waals surface area contributed by atoms with Crippen molar-refractivity contribution in [1.82, 2.24) is 24.4 Å². The third-order valence-electron chi connectivity index (χ3n) is 5.58. The molecule has 9 nitrogen and oxygen atoms in total. The molecule has 0 unspecified atom stereocenters. The quantitative estimate of drug-likeness (QED) is 0.664. The molecular formula is C22H26N6O3. The first-order valence-corrected chi connectivity index (χ1v) is 10.4. The van der Waals surface area contributed by atoms with Gasteiger partial charge in [-0.2, -0.15) is 0 Å². The summed E-state index contributed by atoms with van der Waals surface area (Å²) in [6.07, 6.45) is 3.81. The average Bonchev–Trinajstić information content (AvgIpc) is 3.06. The third-order valence-corrected chi connectivity index (χ3v) is 5.58. The Morgan fingerprint density at radius 2 is 1.87 bits per heavy atom. The number of rotatable bonds is 4. The number of nitrogens with one attached hydrogen (secondary N) is 1. The fourth-order valence-corrected chi connectivity index (χ4v) is 4.01. The molecule has 31 heavy (non-hydrogen) atoms. The number of amides is 1. The van der Waals surface area contributed by atoms with Crippen LogP contribution in [0, 0.1) is 13.8 Å². The van der Waals surface area contributed by atoms with E-state index in [1.807, 2.05) is 24.9 Å². The van der Waals surface area contributed by atoms with Gasteiger partial charge in [-0.05, 0) is 43.5 Å². The molecule has 0 atom stereocenters. The predicted molar refractivity (Wildman–Crippen MR) is 117 cm³/mol. The fraction of sp³-hybridized carbons (Fsp3) is 0.364. The molecule has 1 aliphatic heterocycles.